The molecule has 1 saturated heterocycles. The molecular weight excluding hydrogens is 324 g/mol. The molecule has 1 saturated carbocycles. The van der Waals surface area contributed by atoms with Crippen molar-refractivity contribution in [3.8, 4) is 0 Å². The number of esters is 1. The number of carbonyl (C=O) groups is 4. The van der Waals surface area contributed by atoms with E-state index in [1.807, 2.05) is 12.2 Å². The molecule has 4 unspecified atom stereocenters. The lowest BCUT2D eigenvalue weighted by molar-refractivity contribution is -0.152. The summed E-state index contributed by atoms with van der Waals surface area (Å²) in [5.41, 5.74) is 0.429. The van der Waals surface area contributed by atoms with E-state index in [1.165, 1.54) is 0 Å². The van der Waals surface area contributed by atoms with E-state index in [0.717, 1.165) is 11.3 Å². The van der Waals surface area contributed by atoms with Crippen molar-refractivity contribution in [2.45, 2.75) is 6.42 Å². The van der Waals surface area contributed by atoms with Gasteiger partial charge in [-0.1, -0.05) is 12.2 Å². The minimum absolute atomic E-state index is 0.103. The maximum Gasteiger partial charge on any atom is 0.326 e. The Bertz CT molecular complexity index is 778. The normalized spacial score (nSPS) is 29.4. The van der Waals surface area contributed by atoms with Crippen LogP contribution < -0.4 is 0 Å². The van der Waals surface area contributed by atoms with Gasteiger partial charge in [-0.2, -0.15) is 0 Å². The third kappa shape index (κ3) is 2.42. The highest BCUT2D eigenvalue weighted by atomic mass is 16.5. The Kier molecular flexibility index (Phi) is 3.59. The number of aryl methyl sites for hydroxylation is 1. The SMILES string of the molecule is Cn1cccc1C(=O)COC(=O)CN1C(=O)C2C3C=CC(C3)C2C1=O. The topological polar surface area (TPSA) is 85.7 Å². The molecule has 7 heteroatoms. The van der Waals surface area contributed by atoms with Crippen LogP contribution in [0.5, 0.6) is 0 Å². The van der Waals surface area contributed by atoms with Gasteiger partial charge in [-0.25, -0.2) is 0 Å². The van der Waals surface area contributed by atoms with E-state index in [4.69, 9.17) is 4.74 Å². The lowest BCUT2D eigenvalue weighted by Gasteiger charge is -2.16. The zero-order valence-electron chi connectivity index (χ0n) is 13.8. The quantitative estimate of drug-likeness (QED) is 0.338. The van der Waals surface area contributed by atoms with E-state index in [9.17, 15) is 19.2 Å². The van der Waals surface area contributed by atoms with Gasteiger partial charge in [0.05, 0.1) is 17.5 Å². The van der Waals surface area contributed by atoms with Gasteiger partial charge in [-0.05, 0) is 30.4 Å². The molecule has 4 atom stereocenters. The molecular formula is C18H18N2O5. The molecule has 3 aliphatic rings. The van der Waals surface area contributed by atoms with Crippen LogP contribution in [0.4, 0.5) is 0 Å². The van der Waals surface area contributed by atoms with Gasteiger partial charge in [0, 0.05) is 13.2 Å². The molecule has 2 bridgehead atoms. The van der Waals surface area contributed by atoms with Crippen molar-refractivity contribution >= 4 is 23.6 Å². The molecule has 4 rings (SSSR count). The van der Waals surface area contributed by atoms with E-state index in [0.29, 0.717) is 5.69 Å². The third-order valence-corrected chi connectivity index (χ3v) is 5.44. The number of hydrogen-bond acceptors (Lipinski definition) is 5. The number of nitrogens with zero attached hydrogens (tertiary/aromatic N) is 2. The van der Waals surface area contributed by atoms with Crippen LogP contribution in [0.25, 0.3) is 0 Å². The molecule has 0 radical (unpaired) electrons. The van der Waals surface area contributed by atoms with Gasteiger partial charge in [0.25, 0.3) is 0 Å². The summed E-state index contributed by atoms with van der Waals surface area (Å²) in [7, 11) is 1.72. The standard InChI is InChI=1S/C18H18N2O5/c1-19-6-2-3-12(19)13(21)9-25-14(22)8-20-17(23)15-10-4-5-11(7-10)16(15)18(20)24/h2-6,10-11,15-16H,7-9H2,1H3. The molecule has 25 heavy (non-hydrogen) atoms. The van der Waals surface area contributed by atoms with Crippen molar-refractivity contribution in [2.24, 2.45) is 30.7 Å². The van der Waals surface area contributed by atoms with Crippen LogP contribution in [0.15, 0.2) is 30.5 Å². The summed E-state index contributed by atoms with van der Waals surface area (Å²) in [6, 6.07) is 3.35. The highest BCUT2D eigenvalue weighted by Gasteiger charge is 2.59. The molecule has 0 N–H and O–H groups in total. The molecule has 1 aromatic heterocycles. The van der Waals surface area contributed by atoms with Gasteiger partial charge in [-0.3, -0.25) is 24.1 Å². The van der Waals surface area contributed by atoms with Gasteiger partial charge >= 0.3 is 5.97 Å². The van der Waals surface area contributed by atoms with Crippen molar-refractivity contribution in [2.75, 3.05) is 13.2 Å². The van der Waals surface area contributed by atoms with Crippen LogP contribution in [-0.2, 0) is 26.2 Å². The maximum atomic E-state index is 12.5. The van der Waals surface area contributed by atoms with Gasteiger partial charge < -0.3 is 9.30 Å². The Morgan fingerprint density at radius 3 is 2.36 bits per heavy atom. The lowest BCUT2D eigenvalue weighted by atomic mass is 9.85. The van der Waals surface area contributed by atoms with Crippen LogP contribution in [0.3, 0.4) is 0 Å². The van der Waals surface area contributed by atoms with E-state index in [-0.39, 0.29) is 41.3 Å². The first-order valence-electron chi connectivity index (χ1n) is 8.31. The van der Waals surface area contributed by atoms with E-state index < -0.39 is 19.1 Å². The Morgan fingerprint density at radius 1 is 1.16 bits per heavy atom. The minimum atomic E-state index is -0.746. The Labute approximate surface area is 144 Å². The smallest absolute Gasteiger partial charge is 0.326 e. The maximum absolute atomic E-state index is 12.5. The van der Waals surface area contributed by atoms with Crippen molar-refractivity contribution in [3.63, 3.8) is 0 Å². The number of imide groups is 1. The van der Waals surface area contributed by atoms with Crippen LogP contribution in [0, 0.1) is 23.7 Å². The van der Waals surface area contributed by atoms with Crippen LogP contribution in [-0.4, -0.2) is 46.2 Å². The molecule has 0 aromatic carbocycles. The minimum Gasteiger partial charge on any atom is -0.456 e. The van der Waals surface area contributed by atoms with Crippen molar-refractivity contribution in [1.82, 2.24) is 9.47 Å². The molecule has 130 valence electrons. The average Bonchev–Trinajstić information content (AvgIpc) is 3.34. The van der Waals surface area contributed by atoms with E-state index in [2.05, 4.69) is 0 Å². The number of fused-ring (bicyclic) bond motifs is 5. The average molecular weight is 342 g/mol. The predicted molar refractivity (Wildman–Crippen MR) is 85.1 cm³/mol. The summed E-state index contributed by atoms with van der Waals surface area (Å²) in [5, 5.41) is 0. The predicted octanol–water partition coefficient (Wildman–Crippen LogP) is 0.558. The first-order valence-corrected chi connectivity index (χ1v) is 8.31. The molecule has 1 aliphatic heterocycles. The molecule has 2 heterocycles. The Balaban J connectivity index is 1.36. The number of aromatic nitrogens is 1. The van der Waals surface area contributed by atoms with Gasteiger partial charge in [0.15, 0.2) is 6.61 Å². The summed E-state index contributed by atoms with van der Waals surface area (Å²) >= 11 is 0. The van der Waals surface area contributed by atoms with Crippen molar-refractivity contribution in [1.29, 1.82) is 0 Å². The third-order valence-electron chi connectivity index (χ3n) is 5.44. The number of amides is 2. The Hall–Kier alpha value is -2.70. The zero-order chi connectivity index (χ0) is 17.7. The van der Waals surface area contributed by atoms with Crippen LogP contribution in [0.2, 0.25) is 0 Å². The lowest BCUT2D eigenvalue weighted by Crippen LogP contribution is -2.38. The molecule has 7 nitrogen and oxygen atoms in total. The molecule has 2 fully saturated rings. The molecule has 1 aromatic rings. The summed E-state index contributed by atoms with van der Waals surface area (Å²) < 4.78 is 6.60. The number of carbonyl (C=O) groups excluding carboxylic acids is 4. The number of Topliss-reactive ketones (excluding diaryl/α,β-unsaturated/α-hetero) is 1. The summed E-state index contributed by atoms with van der Waals surface area (Å²) in [6.45, 7) is -0.836. The molecule has 2 aliphatic carbocycles. The second-order valence-electron chi connectivity index (χ2n) is 6.85. The number of allylic oxidation sites excluding steroid dienone is 2. The second kappa shape index (κ2) is 5.68. The second-order valence-corrected chi connectivity index (χ2v) is 6.85. The van der Waals surface area contributed by atoms with Gasteiger partial charge in [0.2, 0.25) is 17.6 Å². The monoisotopic (exact) mass is 342 g/mol. The van der Waals surface area contributed by atoms with Gasteiger partial charge in [0.1, 0.15) is 6.54 Å². The van der Waals surface area contributed by atoms with Crippen LogP contribution in [0.1, 0.15) is 16.9 Å². The van der Waals surface area contributed by atoms with Crippen molar-refractivity contribution < 1.29 is 23.9 Å². The fourth-order valence-electron chi connectivity index (χ4n) is 4.27. The fraction of sp³-hybridized carbons (Fsp3) is 0.444. The highest BCUT2D eigenvalue weighted by Crippen LogP contribution is 2.52. The Morgan fingerprint density at radius 2 is 1.80 bits per heavy atom. The van der Waals surface area contributed by atoms with Crippen molar-refractivity contribution in [3.05, 3.63) is 36.2 Å². The number of hydrogen-bond donors (Lipinski definition) is 0. The first kappa shape index (κ1) is 15.8. The number of likely N-dealkylation sites (tertiary alicyclic amines) is 1. The van der Waals surface area contributed by atoms with E-state index >= 15 is 0 Å². The number of ketones is 1. The first-order chi connectivity index (χ1) is 12.0. The van der Waals surface area contributed by atoms with Crippen LogP contribution >= 0.6 is 0 Å². The summed E-state index contributed by atoms with van der Waals surface area (Å²) in [4.78, 5) is 50.0. The van der Waals surface area contributed by atoms with E-state index in [1.54, 1.807) is 29.9 Å². The largest absolute Gasteiger partial charge is 0.456 e. The number of ether oxygens (including phenoxy) is 1. The highest BCUT2D eigenvalue weighted by molar-refractivity contribution is 6.08. The summed E-state index contributed by atoms with van der Waals surface area (Å²) in [5.74, 6) is -2.13. The number of rotatable bonds is 5. The van der Waals surface area contributed by atoms with Gasteiger partial charge in [-0.15, -0.1) is 0 Å². The fourth-order valence-corrected chi connectivity index (χ4v) is 4.27. The zero-order valence-corrected chi connectivity index (χ0v) is 13.8. The molecule has 2 amide bonds. The summed E-state index contributed by atoms with van der Waals surface area (Å²) in [6.07, 6.45) is 6.56. The molecule has 0 spiro atoms.